The minimum absolute atomic E-state index is 0.727. The number of imidazole rings is 1. The fourth-order valence-electron chi connectivity index (χ4n) is 4.69. The molecule has 0 N–H and O–H groups in total. The Morgan fingerprint density at radius 3 is 2.57 bits per heavy atom. The molecule has 0 unspecified atom stereocenters. The van der Waals surface area contributed by atoms with E-state index in [1.54, 1.807) is 25.4 Å². The Morgan fingerprint density at radius 1 is 0.955 bits per heavy atom. The molecule has 6 rings (SSSR count). The molecule has 9 heteroatoms. The quantitative estimate of drug-likeness (QED) is 0.0974. The van der Waals surface area contributed by atoms with Crippen LogP contribution in [-0.4, -0.2) is 46.4 Å². The maximum Gasteiger partial charge on any atom is 0.177 e. The van der Waals surface area contributed by atoms with Gasteiger partial charge in [-0.1, -0.05) is 80.0 Å². The SMILES string of the molecule is C=CC(=C)SC(C)=NC.C=Cc1nccn1Cc1ccc2c(CCc3nnc4ccc(-c5ccccc5)nn34)ccnc2c1. The lowest BCUT2D eigenvalue weighted by Crippen LogP contribution is -2.03. The van der Waals surface area contributed by atoms with Gasteiger partial charge in [0.2, 0.25) is 0 Å². The zero-order valence-electron chi connectivity index (χ0n) is 25.0. The summed E-state index contributed by atoms with van der Waals surface area (Å²) < 4.78 is 3.93. The Balaban J connectivity index is 0.000000374. The number of fused-ring (bicyclic) bond motifs is 2. The fourth-order valence-corrected chi connectivity index (χ4v) is 5.24. The monoisotopic (exact) mass is 598 g/mol. The summed E-state index contributed by atoms with van der Waals surface area (Å²) >= 11 is 1.54. The summed E-state index contributed by atoms with van der Waals surface area (Å²) in [5.41, 5.74) is 6.11. The van der Waals surface area contributed by atoms with E-state index in [0.29, 0.717) is 0 Å². The van der Waals surface area contributed by atoms with E-state index in [1.165, 1.54) is 22.9 Å². The molecule has 6 aromatic rings. The first kappa shape index (κ1) is 30.3. The van der Waals surface area contributed by atoms with Crippen molar-refractivity contribution in [3.63, 3.8) is 0 Å². The molecule has 0 amide bonds. The topological polar surface area (TPSA) is 86.1 Å². The molecule has 0 radical (unpaired) electrons. The summed E-state index contributed by atoms with van der Waals surface area (Å²) in [6, 6.07) is 22.6. The van der Waals surface area contributed by atoms with Crippen molar-refractivity contribution in [2.75, 3.05) is 7.05 Å². The zero-order chi connectivity index (χ0) is 30.9. The van der Waals surface area contributed by atoms with Crippen molar-refractivity contribution in [1.82, 2.24) is 34.3 Å². The van der Waals surface area contributed by atoms with Crippen LogP contribution in [0.1, 0.15) is 29.7 Å². The largest absolute Gasteiger partial charge is 0.327 e. The van der Waals surface area contributed by atoms with Crippen LogP contribution in [0, 0.1) is 0 Å². The second-order valence-corrected chi connectivity index (χ2v) is 11.2. The number of hydrogen-bond acceptors (Lipinski definition) is 7. The van der Waals surface area contributed by atoms with E-state index in [4.69, 9.17) is 5.10 Å². The van der Waals surface area contributed by atoms with E-state index in [-0.39, 0.29) is 0 Å². The highest BCUT2D eigenvalue weighted by Gasteiger charge is 2.11. The lowest BCUT2D eigenvalue weighted by molar-refractivity contribution is 0.786. The summed E-state index contributed by atoms with van der Waals surface area (Å²) in [7, 11) is 1.76. The van der Waals surface area contributed by atoms with Crippen molar-refractivity contribution in [1.29, 1.82) is 0 Å². The number of allylic oxidation sites excluding steroid dienone is 1. The third-order valence-electron chi connectivity index (χ3n) is 7.02. The summed E-state index contributed by atoms with van der Waals surface area (Å²) in [6.45, 7) is 13.8. The number of aliphatic imine (C=N–C) groups is 1. The number of benzene rings is 2. The smallest absolute Gasteiger partial charge is 0.177 e. The van der Waals surface area contributed by atoms with Crippen LogP contribution in [-0.2, 0) is 19.4 Å². The number of pyridine rings is 1. The van der Waals surface area contributed by atoms with Crippen LogP contribution in [0.5, 0.6) is 0 Å². The highest BCUT2D eigenvalue weighted by molar-refractivity contribution is 8.17. The molecule has 0 fully saturated rings. The third-order valence-corrected chi connectivity index (χ3v) is 7.92. The number of hydrogen-bond donors (Lipinski definition) is 0. The summed E-state index contributed by atoms with van der Waals surface area (Å²) in [6.07, 6.45) is 10.7. The molecular formula is C35H34N8S. The van der Waals surface area contributed by atoms with Crippen LogP contribution in [0.2, 0.25) is 0 Å². The second kappa shape index (κ2) is 14.3. The lowest BCUT2D eigenvalue weighted by Gasteiger charge is -2.09. The Morgan fingerprint density at radius 2 is 1.80 bits per heavy atom. The molecule has 0 atom stereocenters. The van der Waals surface area contributed by atoms with E-state index >= 15 is 0 Å². The molecule has 0 saturated heterocycles. The van der Waals surface area contributed by atoms with Gasteiger partial charge in [-0.2, -0.15) is 9.61 Å². The fraction of sp³-hybridized carbons (Fsp3) is 0.143. The minimum Gasteiger partial charge on any atom is -0.327 e. The summed E-state index contributed by atoms with van der Waals surface area (Å²) in [5, 5.41) is 15.7. The predicted molar refractivity (Wildman–Crippen MR) is 183 cm³/mol. The molecule has 4 aromatic heterocycles. The molecule has 0 saturated carbocycles. The molecule has 0 aliphatic rings. The molecule has 0 spiro atoms. The standard InChI is InChI=1S/C28H23N7.C7H11NS/c1-2-26-30-16-17-34(26)19-20-8-10-23-21(14-15-29-25(23)18-20)9-12-27-31-32-28-13-11-24(33-35(27)28)22-6-4-3-5-7-22;1-5-6(2)9-7(3)8-4/h2-8,10-11,13-18H,1,9,12,19H2;5H,1-2H2,3-4H3. The molecule has 44 heavy (non-hydrogen) atoms. The van der Waals surface area contributed by atoms with Crippen LogP contribution >= 0.6 is 11.8 Å². The van der Waals surface area contributed by atoms with E-state index < -0.39 is 0 Å². The van der Waals surface area contributed by atoms with E-state index in [9.17, 15) is 0 Å². The molecule has 0 aliphatic heterocycles. The molecule has 0 aliphatic carbocycles. The van der Waals surface area contributed by atoms with Crippen molar-refractivity contribution in [2.45, 2.75) is 26.3 Å². The minimum atomic E-state index is 0.727. The van der Waals surface area contributed by atoms with Crippen molar-refractivity contribution < 1.29 is 0 Å². The van der Waals surface area contributed by atoms with E-state index in [2.05, 4.69) is 85.9 Å². The molecule has 220 valence electrons. The van der Waals surface area contributed by atoms with E-state index in [1.807, 2.05) is 54.2 Å². The predicted octanol–water partition coefficient (Wildman–Crippen LogP) is 7.48. The number of thioether (sulfide) groups is 1. The van der Waals surface area contributed by atoms with Gasteiger partial charge in [-0.15, -0.1) is 10.2 Å². The first-order valence-corrected chi connectivity index (χ1v) is 15.0. The zero-order valence-corrected chi connectivity index (χ0v) is 25.8. The van der Waals surface area contributed by atoms with Crippen molar-refractivity contribution >= 4 is 39.4 Å². The molecule has 8 nitrogen and oxygen atoms in total. The number of aryl methyl sites for hydroxylation is 2. The molecule has 4 heterocycles. The van der Waals surface area contributed by atoms with Crippen LogP contribution in [0.4, 0.5) is 0 Å². The average Bonchev–Trinajstić information content (AvgIpc) is 3.70. The van der Waals surface area contributed by atoms with Crippen LogP contribution in [0.3, 0.4) is 0 Å². The second-order valence-electron chi connectivity index (χ2n) is 9.92. The van der Waals surface area contributed by atoms with Gasteiger partial charge in [-0.3, -0.25) is 9.98 Å². The molecular weight excluding hydrogens is 565 g/mol. The van der Waals surface area contributed by atoms with Crippen molar-refractivity contribution in [3.05, 3.63) is 139 Å². The van der Waals surface area contributed by atoms with Crippen LogP contribution < -0.4 is 0 Å². The van der Waals surface area contributed by atoms with Gasteiger partial charge in [0.05, 0.1) is 16.3 Å². The van der Waals surface area contributed by atoms with Gasteiger partial charge in [0.25, 0.3) is 0 Å². The van der Waals surface area contributed by atoms with E-state index in [0.717, 1.165) is 68.8 Å². The third kappa shape index (κ3) is 7.25. The van der Waals surface area contributed by atoms with Crippen molar-refractivity contribution in [3.8, 4) is 11.3 Å². The average molecular weight is 599 g/mol. The van der Waals surface area contributed by atoms with Crippen LogP contribution in [0.15, 0.2) is 121 Å². The van der Waals surface area contributed by atoms with Gasteiger partial charge in [-0.05, 0) is 54.8 Å². The van der Waals surface area contributed by atoms with Gasteiger partial charge < -0.3 is 4.57 Å². The maximum atomic E-state index is 4.81. The van der Waals surface area contributed by atoms with Gasteiger partial charge in [0.15, 0.2) is 11.5 Å². The lowest BCUT2D eigenvalue weighted by atomic mass is 10.0. The Labute approximate surface area is 261 Å². The van der Waals surface area contributed by atoms with Crippen LogP contribution in [0.25, 0.3) is 33.9 Å². The highest BCUT2D eigenvalue weighted by atomic mass is 32.2. The van der Waals surface area contributed by atoms with Gasteiger partial charge >= 0.3 is 0 Å². The highest BCUT2D eigenvalue weighted by Crippen LogP contribution is 2.22. The van der Waals surface area contributed by atoms with Gasteiger partial charge in [0.1, 0.15) is 5.82 Å². The van der Waals surface area contributed by atoms with Crippen molar-refractivity contribution in [2.24, 2.45) is 4.99 Å². The van der Waals surface area contributed by atoms with Gasteiger partial charge in [-0.25, -0.2) is 4.98 Å². The maximum absolute atomic E-state index is 4.81. The Hall–Kier alpha value is -5.15. The number of nitrogens with zero attached hydrogens (tertiary/aromatic N) is 8. The van der Waals surface area contributed by atoms with Gasteiger partial charge in [0, 0.05) is 54.5 Å². The molecule has 0 bridgehead atoms. The normalized spacial score (nSPS) is 11.3. The Bertz CT molecular complexity index is 1950. The first-order chi connectivity index (χ1) is 21.5. The molecule has 2 aromatic carbocycles. The number of rotatable bonds is 9. The first-order valence-electron chi connectivity index (χ1n) is 14.2. The summed E-state index contributed by atoms with van der Waals surface area (Å²) in [5.74, 6) is 1.70. The summed E-state index contributed by atoms with van der Waals surface area (Å²) in [4.78, 5) is 13.8. The number of aromatic nitrogens is 7. The Kier molecular flexibility index (Phi) is 9.89.